The Hall–Kier alpha value is -1.53. The highest BCUT2D eigenvalue weighted by molar-refractivity contribution is 9.10. The number of hydrogen-bond donors (Lipinski definition) is 3. The van der Waals surface area contributed by atoms with Gasteiger partial charge in [0.15, 0.2) is 27.9 Å². The van der Waals surface area contributed by atoms with Crippen molar-refractivity contribution in [2.24, 2.45) is 0 Å². The Morgan fingerprint density at radius 2 is 2.08 bits per heavy atom. The number of nitrogens with one attached hydrogen (secondary N) is 1. The fourth-order valence-corrected chi connectivity index (χ4v) is 3.76. The summed E-state index contributed by atoms with van der Waals surface area (Å²) in [5.74, 6) is -0.837. The molecule has 4 heterocycles. The molecule has 2 aromatic rings. The van der Waals surface area contributed by atoms with Crippen LogP contribution in [0.5, 0.6) is 0 Å². The van der Waals surface area contributed by atoms with E-state index in [-0.39, 0.29) is 23.7 Å². The summed E-state index contributed by atoms with van der Waals surface area (Å²) in [5, 5.41) is 9.58. The van der Waals surface area contributed by atoms with E-state index in [1.54, 1.807) is 18.4 Å². The zero-order chi connectivity index (χ0) is 17.2. The van der Waals surface area contributed by atoms with Gasteiger partial charge in [0.2, 0.25) is 5.95 Å². The van der Waals surface area contributed by atoms with Crippen LogP contribution < -0.4 is 11.3 Å². The number of ether oxygens (including phenoxy) is 3. The van der Waals surface area contributed by atoms with Gasteiger partial charge < -0.3 is 25.1 Å². The second kappa shape index (κ2) is 5.23. The Bertz CT molecular complexity index is 864. The van der Waals surface area contributed by atoms with E-state index in [1.165, 1.54) is 0 Å². The van der Waals surface area contributed by atoms with Gasteiger partial charge in [0.25, 0.3) is 5.56 Å². The second-order valence-corrected chi connectivity index (χ2v) is 6.90. The van der Waals surface area contributed by atoms with Crippen LogP contribution >= 0.6 is 15.9 Å². The normalized spacial score (nSPS) is 31.7. The average molecular weight is 402 g/mol. The summed E-state index contributed by atoms with van der Waals surface area (Å²) < 4.78 is 19.6. The van der Waals surface area contributed by atoms with Crippen LogP contribution in [0, 0.1) is 0 Å². The fraction of sp³-hybridized carbons (Fsp3) is 0.615. The molecule has 11 heteroatoms. The van der Waals surface area contributed by atoms with Gasteiger partial charge in [0.1, 0.15) is 18.3 Å². The summed E-state index contributed by atoms with van der Waals surface area (Å²) in [7, 11) is 0. The fourth-order valence-electron chi connectivity index (χ4n) is 3.21. The molecule has 0 aliphatic carbocycles. The second-order valence-electron chi connectivity index (χ2n) is 6.19. The van der Waals surface area contributed by atoms with E-state index in [0.717, 1.165) is 0 Å². The minimum absolute atomic E-state index is 0.0293. The van der Waals surface area contributed by atoms with Gasteiger partial charge in [-0.25, -0.2) is 4.98 Å². The molecule has 2 aliphatic rings. The highest BCUT2D eigenvalue weighted by Gasteiger charge is 2.56. The molecule has 24 heavy (non-hydrogen) atoms. The standard InChI is InChI=1S/C13H16BrN5O5/c1-13(2)23-6-4(3-20)22-10(7(6)24-13)19-8-5(16-11(19)14)9(21)18-12(15)17-8/h4,6-7,10,20H,3H2,1-2H3,(H3,15,17,18,21)/t4-,6+,7-,10+/m1/s1. The number of aliphatic hydroxyl groups is 1. The van der Waals surface area contributed by atoms with Crippen LogP contribution in [-0.4, -0.2) is 55.3 Å². The van der Waals surface area contributed by atoms with Crippen LogP contribution in [0.25, 0.3) is 11.2 Å². The third kappa shape index (κ3) is 2.27. The van der Waals surface area contributed by atoms with E-state index in [0.29, 0.717) is 4.73 Å². The Morgan fingerprint density at radius 3 is 2.79 bits per heavy atom. The Labute approximate surface area is 144 Å². The number of anilines is 1. The number of halogens is 1. The van der Waals surface area contributed by atoms with Crippen molar-refractivity contribution in [1.29, 1.82) is 0 Å². The van der Waals surface area contributed by atoms with E-state index in [9.17, 15) is 9.90 Å². The summed E-state index contributed by atoms with van der Waals surface area (Å²) in [6, 6.07) is 0. The maximum absolute atomic E-state index is 12.0. The lowest BCUT2D eigenvalue weighted by atomic mass is 10.1. The van der Waals surface area contributed by atoms with E-state index < -0.39 is 35.9 Å². The highest BCUT2D eigenvalue weighted by atomic mass is 79.9. The first-order valence-electron chi connectivity index (χ1n) is 7.36. The largest absolute Gasteiger partial charge is 0.394 e. The van der Waals surface area contributed by atoms with E-state index in [2.05, 4.69) is 30.9 Å². The number of aliphatic hydroxyl groups excluding tert-OH is 1. The average Bonchev–Trinajstić information content (AvgIpc) is 3.07. The summed E-state index contributed by atoms with van der Waals surface area (Å²) in [6.07, 6.45) is -2.18. The van der Waals surface area contributed by atoms with Crippen molar-refractivity contribution < 1.29 is 19.3 Å². The Balaban J connectivity index is 1.86. The number of rotatable bonds is 2. The van der Waals surface area contributed by atoms with E-state index in [1.807, 2.05) is 0 Å². The summed E-state index contributed by atoms with van der Waals surface area (Å²) in [4.78, 5) is 22.8. The van der Waals surface area contributed by atoms with Gasteiger partial charge in [-0.2, -0.15) is 4.98 Å². The molecule has 2 fully saturated rings. The van der Waals surface area contributed by atoms with Gasteiger partial charge in [-0.3, -0.25) is 14.3 Å². The number of aromatic amines is 1. The topological polar surface area (TPSA) is 138 Å². The summed E-state index contributed by atoms with van der Waals surface area (Å²) in [5.41, 5.74) is 5.58. The molecule has 0 saturated carbocycles. The number of nitrogen functional groups attached to an aromatic ring is 1. The summed E-state index contributed by atoms with van der Waals surface area (Å²) >= 11 is 3.33. The quantitative estimate of drug-likeness (QED) is 0.591. The first-order valence-corrected chi connectivity index (χ1v) is 8.15. The van der Waals surface area contributed by atoms with Crippen LogP contribution in [0.1, 0.15) is 20.1 Å². The third-order valence-corrected chi connectivity index (χ3v) is 4.64. The van der Waals surface area contributed by atoms with Crippen molar-refractivity contribution in [2.75, 3.05) is 12.3 Å². The van der Waals surface area contributed by atoms with Crippen LogP contribution in [0.3, 0.4) is 0 Å². The molecule has 0 aromatic carbocycles. The van der Waals surface area contributed by atoms with Gasteiger partial charge in [0, 0.05) is 0 Å². The molecule has 130 valence electrons. The SMILES string of the molecule is CC1(C)O[C@@H]2[C@@H](O1)[C@@H](n1c(Br)nc3c(=O)[nH]c(N)nc31)O[C@@H]2CO. The number of fused-ring (bicyclic) bond motifs is 2. The first-order chi connectivity index (χ1) is 11.3. The zero-order valence-electron chi connectivity index (χ0n) is 12.9. The molecular weight excluding hydrogens is 386 g/mol. The zero-order valence-corrected chi connectivity index (χ0v) is 14.5. The van der Waals surface area contributed by atoms with Crippen LogP contribution in [0.4, 0.5) is 5.95 Å². The van der Waals surface area contributed by atoms with Crippen molar-refractivity contribution in [3.05, 3.63) is 15.1 Å². The lowest BCUT2D eigenvalue weighted by Gasteiger charge is -2.24. The number of aromatic nitrogens is 4. The molecule has 0 unspecified atom stereocenters. The van der Waals surface area contributed by atoms with Crippen molar-refractivity contribution >= 4 is 33.0 Å². The summed E-state index contributed by atoms with van der Waals surface area (Å²) in [6.45, 7) is 3.36. The van der Waals surface area contributed by atoms with E-state index in [4.69, 9.17) is 19.9 Å². The smallest absolute Gasteiger partial charge is 0.280 e. The minimum atomic E-state index is -0.808. The van der Waals surface area contributed by atoms with Crippen molar-refractivity contribution in [2.45, 2.75) is 44.2 Å². The number of H-pyrrole nitrogens is 1. The molecule has 0 amide bonds. The van der Waals surface area contributed by atoms with Crippen LogP contribution in [0.15, 0.2) is 9.53 Å². The van der Waals surface area contributed by atoms with Gasteiger partial charge in [0.05, 0.1) is 6.61 Å². The van der Waals surface area contributed by atoms with Gasteiger partial charge in [-0.1, -0.05) is 0 Å². The van der Waals surface area contributed by atoms with Gasteiger partial charge in [-0.15, -0.1) is 0 Å². The van der Waals surface area contributed by atoms with E-state index >= 15 is 0 Å². The number of hydrogen-bond acceptors (Lipinski definition) is 8. The van der Waals surface area contributed by atoms with Crippen molar-refractivity contribution in [3.63, 3.8) is 0 Å². The molecular formula is C13H16BrN5O5. The maximum Gasteiger partial charge on any atom is 0.280 e. The molecule has 4 N–H and O–H groups in total. The minimum Gasteiger partial charge on any atom is -0.394 e. The molecule has 10 nitrogen and oxygen atoms in total. The Morgan fingerprint density at radius 1 is 1.38 bits per heavy atom. The molecule has 0 spiro atoms. The molecule has 2 aromatic heterocycles. The molecule has 0 bridgehead atoms. The predicted octanol–water partition coefficient (Wildman–Crippen LogP) is -0.126. The number of nitrogens with zero attached hydrogens (tertiary/aromatic N) is 3. The van der Waals surface area contributed by atoms with Crippen molar-refractivity contribution in [3.8, 4) is 0 Å². The Kier molecular flexibility index (Phi) is 3.48. The maximum atomic E-state index is 12.0. The van der Waals surface area contributed by atoms with Crippen molar-refractivity contribution in [1.82, 2.24) is 19.5 Å². The lowest BCUT2D eigenvalue weighted by molar-refractivity contribution is -0.200. The number of imidazole rings is 1. The monoisotopic (exact) mass is 401 g/mol. The number of nitrogens with two attached hydrogens (primary N) is 1. The van der Waals surface area contributed by atoms with Gasteiger partial charge in [-0.05, 0) is 29.8 Å². The predicted molar refractivity (Wildman–Crippen MR) is 85.1 cm³/mol. The molecule has 0 radical (unpaired) electrons. The van der Waals surface area contributed by atoms with Gasteiger partial charge >= 0.3 is 0 Å². The molecule has 4 rings (SSSR count). The van der Waals surface area contributed by atoms with Crippen LogP contribution in [0.2, 0.25) is 0 Å². The third-order valence-electron chi connectivity index (χ3n) is 4.09. The lowest BCUT2D eigenvalue weighted by Crippen LogP contribution is -2.31. The molecule has 2 aliphatic heterocycles. The first kappa shape index (κ1) is 16.0. The molecule has 4 atom stereocenters. The highest BCUT2D eigenvalue weighted by Crippen LogP contribution is 2.44. The van der Waals surface area contributed by atoms with Crippen LogP contribution in [-0.2, 0) is 14.2 Å². The molecule has 2 saturated heterocycles.